The van der Waals surface area contributed by atoms with Crippen LogP contribution in [0.15, 0.2) is 60.7 Å². The Balaban J connectivity index is 1.57. The molecule has 48 heavy (non-hydrogen) atoms. The molecule has 2 aromatic rings. The van der Waals surface area contributed by atoms with Crippen molar-refractivity contribution in [3.8, 4) is 0 Å². The molecule has 4 rings (SSSR count). The number of nitrogens with one attached hydrogen (secondary N) is 4. The fourth-order valence-corrected chi connectivity index (χ4v) is 5.12. The molecule has 0 radical (unpaired) electrons. The number of rotatable bonds is 19. The Hall–Kier alpha value is -3.84. The summed E-state index contributed by atoms with van der Waals surface area (Å²) in [6, 6.07) is 16.2. The van der Waals surface area contributed by atoms with Crippen molar-refractivity contribution in [1.29, 1.82) is 0 Å². The number of carbonyl (C=O) groups excluding carboxylic acids is 4. The molecule has 2 aliphatic carbocycles. The quantitative estimate of drug-likeness (QED) is 0.131. The molecule has 12 heteroatoms. The topological polar surface area (TPSA) is 175 Å². The van der Waals surface area contributed by atoms with Gasteiger partial charge in [-0.15, -0.1) is 0 Å². The minimum Gasteiger partial charge on any atom is -0.387 e. The van der Waals surface area contributed by atoms with Gasteiger partial charge in [0.05, 0.1) is 13.2 Å². The summed E-state index contributed by atoms with van der Waals surface area (Å²) in [5.74, 6) is -2.99. The number of aliphatic hydroxyl groups excluding tert-OH is 2. The van der Waals surface area contributed by atoms with Gasteiger partial charge in [-0.3, -0.25) is 19.2 Å². The molecule has 6 N–H and O–H groups in total. The van der Waals surface area contributed by atoms with Crippen LogP contribution < -0.4 is 21.3 Å². The molecule has 4 amide bonds. The predicted molar refractivity (Wildman–Crippen MR) is 178 cm³/mol. The highest BCUT2D eigenvalue weighted by Gasteiger charge is 2.43. The van der Waals surface area contributed by atoms with Gasteiger partial charge in [0.1, 0.15) is 24.3 Å². The van der Waals surface area contributed by atoms with Crippen LogP contribution in [0.5, 0.6) is 0 Å². The molecular formula is C36H50N4O8. The van der Waals surface area contributed by atoms with Gasteiger partial charge in [-0.1, -0.05) is 88.4 Å². The molecule has 0 heterocycles. The summed E-state index contributed by atoms with van der Waals surface area (Å²) in [5.41, 5.74) is 1.39. The normalized spacial score (nSPS) is 18.2. The number of hydrogen-bond donors (Lipinski definition) is 6. The molecular weight excluding hydrogens is 616 g/mol. The highest BCUT2D eigenvalue weighted by molar-refractivity contribution is 5.91. The molecule has 262 valence electrons. The van der Waals surface area contributed by atoms with Gasteiger partial charge in [-0.05, 0) is 48.6 Å². The van der Waals surface area contributed by atoms with Gasteiger partial charge in [-0.25, -0.2) is 0 Å². The first-order valence-electron chi connectivity index (χ1n) is 16.8. The molecule has 0 aliphatic heterocycles. The second kappa shape index (κ2) is 17.5. The van der Waals surface area contributed by atoms with E-state index in [9.17, 15) is 29.4 Å². The molecule has 2 aromatic carbocycles. The summed E-state index contributed by atoms with van der Waals surface area (Å²) in [7, 11) is 0. The molecule has 0 saturated heterocycles. The minimum atomic E-state index is -1.97. The molecule has 12 nitrogen and oxygen atoms in total. The molecule has 2 aliphatic rings. The van der Waals surface area contributed by atoms with E-state index in [2.05, 4.69) is 21.3 Å². The Kier molecular flexibility index (Phi) is 13.5. The zero-order chi connectivity index (χ0) is 34.8. The van der Waals surface area contributed by atoms with Crippen molar-refractivity contribution in [1.82, 2.24) is 21.3 Å². The Labute approximate surface area is 282 Å². The molecule has 2 saturated carbocycles. The Bertz CT molecular complexity index is 1250. The van der Waals surface area contributed by atoms with E-state index >= 15 is 0 Å². The van der Waals surface area contributed by atoms with Crippen molar-refractivity contribution in [2.24, 2.45) is 11.8 Å². The summed E-state index contributed by atoms with van der Waals surface area (Å²) < 4.78 is 11.8. The lowest BCUT2D eigenvalue weighted by atomic mass is 9.98. The fraction of sp³-hybridized carbons (Fsp3) is 0.556. The average molecular weight is 667 g/mol. The van der Waals surface area contributed by atoms with Crippen molar-refractivity contribution in [2.75, 3.05) is 0 Å². The van der Waals surface area contributed by atoms with Crippen LogP contribution in [0, 0.1) is 11.8 Å². The number of aliphatic hydroxyl groups is 2. The Morgan fingerprint density at radius 2 is 0.938 bits per heavy atom. The summed E-state index contributed by atoms with van der Waals surface area (Å²) in [6.45, 7) is 6.91. The monoisotopic (exact) mass is 666 g/mol. The number of carbonyl (C=O) groups is 4. The highest BCUT2D eigenvalue weighted by Crippen LogP contribution is 2.21. The Morgan fingerprint density at radius 1 is 0.604 bits per heavy atom. The summed E-state index contributed by atoms with van der Waals surface area (Å²) in [5, 5.41) is 34.4. The molecule has 2 fully saturated rings. The molecule has 0 bridgehead atoms. The third kappa shape index (κ3) is 11.1. The van der Waals surface area contributed by atoms with Crippen LogP contribution in [-0.2, 0) is 41.9 Å². The van der Waals surface area contributed by atoms with Crippen molar-refractivity contribution < 1.29 is 38.9 Å². The SMILES string of the molecule is CC(C)C(NC(=O)[C@H](OCc1ccccc1)[C@H](O)[C@@H](O)[C@@H](OCc1ccccc1)C(=O)N[C@H](C(=O)NC1CC1)C(C)C)C(=O)NC1CC1. The van der Waals surface area contributed by atoms with E-state index in [4.69, 9.17) is 9.47 Å². The maximum atomic E-state index is 13.8. The second-order valence-electron chi connectivity index (χ2n) is 13.4. The van der Waals surface area contributed by atoms with E-state index in [-0.39, 0.29) is 48.9 Å². The highest BCUT2D eigenvalue weighted by atomic mass is 16.5. The average Bonchev–Trinajstić information content (AvgIpc) is 4.01. The molecule has 0 spiro atoms. The standard InChI is InChI=1S/C36H50N4O8/c1-21(2)27(33(43)37-25-15-16-25)39-35(45)31(47-19-23-11-7-5-8-12-23)29(41)30(42)32(48-20-24-13-9-6-10-14-24)36(46)40-28(22(3)4)34(44)38-26-17-18-26/h5-14,21-22,25-32,41-42H,15-20H2,1-4H3,(H,37,43)(H,38,44)(H,39,45)(H,40,46)/t27-,28?,29+,30+,31+,32+/m0/s1. The largest absolute Gasteiger partial charge is 0.387 e. The van der Waals surface area contributed by atoms with Crippen LogP contribution in [0.3, 0.4) is 0 Å². The van der Waals surface area contributed by atoms with E-state index in [0.717, 1.165) is 25.7 Å². The van der Waals surface area contributed by atoms with E-state index in [1.54, 1.807) is 76.2 Å². The molecule has 1 unspecified atom stereocenters. The lowest BCUT2D eigenvalue weighted by Gasteiger charge is -2.33. The first kappa shape index (κ1) is 37.0. The number of benzene rings is 2. The van der Waals surface area contributed by atoms with E-state index in [1.807, 2.05) is 12.1 Å². The smallest absolute Gasteiger partial charge is 0.252 e. The maximum Gasteiger partial charge on any atom is 0.252 e. The fourth-order valence-electron chi connectivity index (χ4n) is 5.12. The van der Waals surface area contributed by atoms with Gasteiger partial charge in [0.2, 0.25) is 11.8 Å². The summed E-state index contributed by atoms with van der Waals surface area (Å²) in [6.07, 6.45) is -3.89. The van der Waals surface area contributed by atoms with Crippen LogP contribution in [-0.4, -0.2) is 82.4 Å². The van der Waals surface area contributed by atoms with Gasteiger partial charge in [0.25, 0.3) is 11.8 Å². The van der Waals surface area contributed by atoms with Crippen LogP contribution in [0.2, 0.25) is 0 Å². The number of ether oxygens (including phenoxy) is 2. The van der Waals surface area contributed by atoms with Gasteiger partial charge >= 0.3 is 0 Å². The summed E-state index contributed by atoms with van der Waals surface area (Å²) in [4.78, 5) is 53.6. The van der Waals surface area contributed by atoms with Crippen molar-refractivity contribution in [2.45, 2.75) is 115 Å². The summed E-state index contributed by atoms with van der Waals surface area (Å²) >= 11 is 0. The first-order valence-corrected chi connectivity index (χ1v) is 16.8. The van der Waals surface area contributed by atoms with Crippen molar-refractivity contribution in [3.63, 3.8) is 0 Å². The number of hydrogen-bond acceptors (Lipinski definition) is 8. The van der Waals surface area contributed by atoms with Gasteiger partial charge < -0.3 is 41.0 Å². The van der Waals surface area contributed by atoms with Gasteiger partial charge in [-0.2, -0.15) is 0 Å². The lowest BCUT2D eigenvalue weighted by molar-refractivity contribution is -0.171. The maximum absolute atomic E-state index is 13.8. The number of amides is 4. The first-order chi connectivity index (χ1) is 22.9. The minimum absolute atomic E-state index is 0.0650. The van der Waals surface area contributed by atoms with E-state index in [0.29, 0.717) is 11.1 Å². The van der Waals surface area contributed by atoms with Crippen LogP contribution >= 0.6 is 0 Å². The Morgan fingerprint density at radius 3 is 1.23 bits per heavy atom. The third-order valence-corrected chi connectivity index (χ3v) is 8.37. The zero-order valence-electron chi connectivity index (χ0n) is 28.1. The van der Waals surface area contributed by atoms with Gasteiger partial charge in [0, 0.05) is 12.1 Å². The van der Waals surface area contributed by atoms with E-state index < -0.39 is 48.3 Å². The van der Waals surface area contributed by atoms with Gasteiger partial charge in [0.15, 0.2) is 12.2 Å². The van der Waals surface area contributed by atoms with E-state index in [1.165, 1.54) is 0 Å². The van der Waals surface area contributed by atoms with Crippen LogP contribution in [0.25, 0.3) is 0 Å². The van der Waals surface area contributed by atoms with Crippen molar-refractivity contribution in [3.05, 3.63) is 71.8 Å². The van der Waals surface area contributed by atoms with Crippen LogP contribution in [0.4, 0.5) is 0 Å². The zero-order valence-corrected chi connectivity index (χ0v) is 28.1. The second-order valence-corrected chi connectivity index (χ2v) is 13.4. The lowest BCUT2D eigenvalue weighted by Crippen LogP contribution is -2.60. The van der Waals surface area contributed by atoms with Crippen molar-refractivity contribution >= 4 is 23.6 Å². The molecule has 0 aromatic heterocycles. The molecule has 6 atom stereocenters. The van der Waals surface area contributed by atoms with Crippen LogP contribution in [0.1, 0.15) is 64.5 Å². The third-order valence-electron chi connectivity index (χ3n) is 8.37. The predicted octanol–water partition coefficient (Wildman–Crippen LogP) is 1.72.